The van der Waals surface area contributed by atoms with Gasteiger partial charge in [-0.05, 0) is 47.7 Å². The minimum Gasteiger partial charge on any atom is -0.477 e. The zero-order valence-electron chi connectivity index (χ0n) is 11.5. The van der Waals surface area contributed by atoms with Gasteiger partial charge in [0.05, 0.1) is 0 Å². The number of hydrogen-bond acceptors (Lipinski definition) is 4. The molecule has 7 heteroatoms. The van der Waals surface area contributed by atoms with E-state index in [4.69, 9.17) is 27.6 Å². The van der Waals surface area contributed by atoms with E-state index in [9.17, 15) is 9.90 Å². The van der Waals surface area contributed by atoms with Crippen molar-refractivity contribution >= 4 is 58.1 Å². The fourth-order valence-corrected chi connectivity index (χ4v) is 3.08. The summed E-state index contributed by atoms with van der Waals surface area (Å²) >= 11 is 12.8. The first-order valence-corrected chi connectivity index (χ1v) is 8.03. The molecule has 3 aromatic rings. The van der Waals surface area contributed by atoms with E-state index in [0.29, 0.717) is 26.7 Å². The van der Waals surface area contributed by atoms with Gasteiger partial charge in [0.2, 0.25) is 0 Å². The zero-order chi connectivity index (χ0) is 16.4. The Morgan fingerprint density at radius 1 is 1.22 bits per heavy atom. The van der Waals surface area contributed by atoms with Crippen molar-refractivity contribution in [2.75, 3.05) is 0 Å². The molecule has 4 nitrogen and oxygen atoms in total. The second kappa shape index (κ2) is 6.66. The van der Waals surface area contributed by atoms with E-state index in [1.165, 1.54) is 6.08 Å². The second-order valence-electron chi connectivity index (χ2n) is 4.53. The summed E-state index contributed by atoms with van der Waals surface area (Å²) in [6.45, 7) is 0. The number of carbonyl (C=O) groups is 1. The SMILES string of the molecule is O=C(O)/C(=C/c1ccc(Cl)cc1Cl)Sc1nc2ccccc2o1. The van der Waals surface area contributed by atoms with Gasteiger partial charge in [0.1, 0.15) is 10.4 Å². The molecule has 0 bridgehead atoms. The van der Waals surface area contributed by atoms with Gasteiger partial charge in [-0.1, -0.05) is 41.4 Å². The lowest BCUT2D eigenvalue weighted by Gasteiger charge is -2.02. The number of para-hydroxylation sites is 2. The molecule has 3 rings (SSSR count). The highest BCUT2D eigenvalue weighted by atomic mass is 35.5. The first-order chi connectivity index (χ1) is 11.0. The van der Waals surface area contributed by atoms with E-state index >= 15 is 0 Å². The summed E-state index contributed by atoms with van der Waals surface area (Å²) in [5, 5.41) is 10.5. The number of rotatable bonds is 4. The lowest BCUT2D eigenvalue weighted by atomic mass is 10.2. The van der Waals surface area contributed by atoms with E-state index in [1.54, 1.807) is 30.3 Å². The average molecular weight is 366 g/mol. The van der Waals surface area contributed by atoms with E-state index in [1.807, 2.05) is 12.1 Å². The van der Waals surface area contributed by atoms with E-state index in [0.717, 1.165) is 11.8 Å². The van der Waals surface area contributed by atoms with Crippen LogP contribution in [0.1, 0.15) is 5.56 Å². The molecule has 0 atom stereocenters. The van der Waals surface area contributed by atoms with Crippen LogP contribution < -0.4 is 0 Å². The summed E-state index contributed by atoms with van der Waals surface area (Å²) in [4.78, 5) is 15.8. The molecule has 0 unspecified atom stereocenters. The Kier molecular flexibility index (Phi) is 4.61. The van der Waals surface area contributed by atoms with Crippen molar-refractivity contribution in [2.45, 2.75) is 5.22 Å². The molecule has 0 fully saturated rings. The molecule has 0 spiro atoms. The largest absolute Gasteiger partial charge is 0.477 e. The fraction of sp³-hybridized carbons (Fsp3) is 0. The number of aliphatic carboxylic acids is 1. The first-order valence-electron chi connectivity index (χ1n) is 6.46. The smallest absolute Gasteiger partial charge is 0.342 e. The van der Waals surface area contributed by atoms with Gasteiger partial charge in [0, 0.05) is 10.0 Å². The van der Waals surface area contributed by atoms with Crippen molar-refractivity contribution in [1.82, 2.24) is 4.98 Å². The molecule has 0 radical (unpaired) electrons. The molecule has 0 saturated heterocycles. The van der Waals surface area contributed by atoms with Crippen LogP contribution in [0.3, 0.4) is 0 Å². The molecule has 1 N–H and O–H groups in total. The summed E-state index contributed by atoms with van der Waals surface area (Å²) in [6, 6.07) is 12.1. The summed E-state index contributed by atoms with van der Waals surface area (Å²) in [6.07, 6.45) is 1.46. The Labute approximate surface area is 145 Å². The molecular weight excluding hydrogens is 357 g/mol. The van der Waals surface area contributed by atoms with Crippen LogP contribution in [0.4, 0.5) is 0 Å². The molecule has 0 aliphatic heterocycles. The highest BCUT2D eigenvalue weighted by molar-refractivity contribution is 8.03. The fourth-order valence-electron chi connectivity index (χ4n) is 1.88. The highest BCUT2D eigenvalue weighted by Gasteiger charge is 2.15. The molecule has 2 aromatic carbocycles. The van der Waals surface area contributed by atoms with Gasteiger partial charge in [0.15, 0.2) is 5.58 Å². The third-order valence-electron chi connectivity index (χ3n) is 2.93. The van der Waals surface area contributed by atoms with Crippen molar-refractivity contribution in [1.29, 1.82) is 0 Å². The normalized spacial score (nSPS) is 11.8. The van der Waals surface area contributed by atoms with Crippen LogP contribution in [0.2, 0.25) is 10.0 Å². The number of thioether (sulfide) groups is 1. The predicted molar refractivity (Wildman–Crippen MR) is 91.9 cm³/mol. The number of carboxylic acids is 1. The third kappa shape index (κ3) is 3.69. The summed E-state index contributed by atoms with van der Waals surface area (Å²) < 4.78 is 5.53. The van der Waals surface area contributed by atoms with Crippen molar-refractivity contribution in [3.8, 4) is 0 Å². The number of halogens is 2. The van der Waals surface area contributed by atoms with Crippen molar-refractivity contribution in [3.05, 3.63) is 63.0 Å². The van der Waals surface area contributed by atoms with Crippen LogP contribution >= 0.6 is 35.0 Å². The first kappa shape index (κ1) is 15.9. The van der Waals surface area contributed by atoms with Crippen LogP contribution in [-0.2, 0) is 4.79 Å². The molecule has 0 aliphatic carbocycles. The van der Waals surface area contributed by atoms with Crippen LogP contribution in [0.5, 0.6) is 0 Å². The number of aromatic nitrogens is 1. The minimum absolute atomic E-state index is 0.0424. The zero-order valence-corrected chi connectivity index (χ0v) is 13.8. The standard InChI is InChI=1S/C16H9Cl2NO3S/c17-10-6-5-9(11(18)8-10)7-14(15(20)21)23-16-19-12-3-1-2-4-13(12)22-16/h1-8H,(H,20,21)/b14-7-. The number of nitrogens with zero attached hydrogens (tertiary/aromatic N) is 1. The molecule has 23 heavy (non-hydrogen) atoms. The second-order valence-corrected chi connectivity index (χ2v) is 6.37. The molecule has 0 saturated carbocycles. The van der Waals surface area contributed by atoms with Crippen molar-refractivity contribution < 1.29 is 14.3 Å². The van der Waals surface area contributed by atoms with E-state index in [2.05, 4.69) is 4.98 Å². The lowest BCUT2D eigenvalue weighted by molar-refractivity contribution is -0.131. The molecule has 1 heterocycles. The van der Waals surface area contributed by atoms with Gasteiger partial charge in [-0.2, -0.15) is 0 Å². The Hall–Kier alpha value is -1.95. The Morgan fingerprint density at radius 3 is 2.70 bits per heavy atom. The Balaban J connectivity index is 1.95. The van der Waals surface area contributed by atoms with Gasteiger partial charge in [0.25, 0.3) is 5.22 Å². The molecule has 1 aromatic heterocycles. The quantitative estimate of drug-likeness (QED) is 0.498. The van der Waals surface area contributed by atoms with Crippen LogP contribution in [0.15, 0.2) is 57.0 Å². The summed E-state index contributed by atoms with van der Waals surface area (Å²) in [5.41, 5.74) is 1.82. The number of benzene rings is 2. The van der Waals surface area contributed by atoms with Gasteiger partial charge in [-0.25, -0.2) is 9.78 Å². The maximum absolute atomic E-state index is 11.5. The van der Waals surface area contributed by atoms with Crippen molar-refractivity contribution in [2.24, 2.45) is 0 Å². The van der Waals surface area contributed by atoms with Crippen LogP contribution in [0, 0.1) is 0 Å². The maximum Gasteiger partial charge on any atom is 0.342 e. The Morgan fingerprint density at radius 2 is 2.00 bits per heavy atom. The van der Waals surface area contributed by atoms with Gasteiger partial charge >= 0.3 is 5.97 Å². The van der Waals surface area contributed by atoms with Gasteiger partial charge in [-0.15, -0.1) is 0 Å². The van der Waals surface area contributed by atoms with E-state index in [-0.39, 0.29) is 10.1 Å². The minimum atomic E-state index is -1.09. The Bertz CT molecular complexity index is 888. The van der Waals surface area contributed by atoms with Crippen LogP contribution in [-0.4, -0.2) is 16.1 Å². The molecule has 0 aliphatic rings. The number of hydrogen-bond donors (Lipinski definition) is 1. The molecular formula is C16H9Cl2NO3S. The van der Waals surface area contributed by atoms with Gasteiger partial charge in [-0.3, -0.25) is 0 Å². The average Bonchev–Trinajstić information content (AvgIpc) is 2.91. The highest BCUT2D eigenvalue weighted by Crippen LogP contribution is 2.32. The monoisotopic (exact) mass is 365 g/mol. The van der Waals surface area contributed by atoms with Crippen molar-refractivity contribution in [3.63, 3.8) is 0 Å². The molecule has 0 amide bonds. The number of fused-ring (bicyclic) bond motifs is 1. The van der Waals surface area contributed by atoms with Crippen LogP contribution in [0.25, 0.3) is 17.2 Å². The topological polar surface area (TPSA) is 63.3 Å². The summed E-state index contributed by atoms with van der Waals surface area (Å²) in [5.74, 6) is -1.09. The predicted octanol–water partition coefficient (Wildman–Crippen LogP) is 5.35. The maximum atomic E-state index is 11.5. The summed E-state index contributed by atoms with van der Waals surface area (Å²) in [7, 11) is 0. The van der Waals surface area contributed by atoms with E-state index < -0.39 is 5.97 Å². The molecule has 116 valence electrons. The number of oxazole rings is 1. The number of carboxylic acid groups (broad SMARTS) is 1. The lowest BCUT2D eigenvalue weighted by Crippen LogP contribution is -1.97. The third-order valence-corrected chi connectivity index (χ3v) is 4.36. The van der Waals surface area contributed by atoms with Gasteiger partial charge < -0.3 is 9.52 Å².